The molecule has 2 aliphatic rings. The molecule has 1 aliphatic carbocycles. The molecule has 1 fully saturated rings. The molecule has 3 aromatic rings. The van der Waals surface area contributed by atoms with E-state index in [0.717, 1.165) is 47.0 Å². The van der Waals surface area contributed by atoms with E-state index in [1.807, 2.05) is 47.4 Å². The van der Waals surface area contributed by atoms with Crippen LogP contribution in [-0.2, 0) is 16.0 Å². The van der Waals surface area contributed by atoms with E-state index in [0.29, 0.717) is 41.2 Å². The van der Waals surface area contributed by atoms with E-state index in [1.54, 1.807) is 21.3 Å². The highest BCUT2D eigenvalue weighted by Gasteiger charge is 2.31. The second-order valence-electron chi connectivity index (χ2n) is 10.5. The number of pyridine rings is 1. The smallest absolute Gasteiger partial charge is 0.339 e. The summed E-state index contributed by atoms with van der Waals surface area (Å²) in [5.41, 5.74) is 4.67. The number of esters is 1. The lowest BCUT2D eigenvalue weighted by Gasteiger charge is -2.38. The average Bonchev–Trinajstić information content (AvgIpc) is 3.35. The normalized spacial score (nSPS) is 19.4. The van der Waals surface area contributed by atoms with Crippen molar-refractivity contribution in [2.24, 2.45) is 0 Å². The fourth-order valence-corrected chi connectivity index (χ4v) is 6.08. The van der Waals surface area contributed by atoms with E-state index in [-0.39, 0.29) is 24.6 Å². The Bertz CT molecular complexity index is 1440. The number of nitrogens with zero attached hydrogens (tertiary/aromatic N) is 2. The lowest BCUT2D eigenvalue weighted by molar-refractivity contribution is -0.140. The van der Waals surface area contributed by atoms with Gasteiger partial charge in [0.05, 0.1) is 38.1 Å². The van der Waals surface area contributed by atoms with Crippen molar-refractivity contribution in [3.63, 3.8) is 0 Å². The molecule has 0 spiro atoms. The second kappa shape index (κ2) is 11.6. The number of fused-ring (bicyclic) bond motifs is 2. The Balaban J connectivity index is 1.49. The van der Waals surface area contributed by atoms with Crippen molar-refractivity contribution in [1.29, 1.82) is 0 Å². The zero-order valence-corrected chi connectivity index (χ0v) is 23.8. The van der Waals surface area contributed by atoms with Crippen molar-refractivity contribution in [2.75, 3.05) is 27.9 Å². The lowest BCUT2D eigenvalue weighted by atomic mass is 9.97. The molecule has 8 nitrogen and oxygen atoms in total. The number of carbonyl (C=O) groups excluding carboxylic acids is 2. The van der Waals surface area contributed by atoms with Crippen molar-refractivity contribution in [3.8, 4) is 17.2 Å². The van der Waals surface area contributed by atoms with Crippen LogP contribution in [-0.4, -0.2) is 61.8 Å². The first-order valence-corrected chi connectivity index (χ1v) is 13.8. The van der Waals surface area contributed by atoms with E-state index >= 15 is 0 Å². The van der Waals surface area contributed by atoms with Crippen LogP contribution in [0, 0.1) is 0 Å². The molecule has 0 unspecified atom stereocenters. The molecule has 210 valence electrons. The standard InChI is InChI=1S/C32H36N2O6/c1-19-9-8-10-20(2)34(19)28(35)18-40-32(36)29-23-11-6-7-12-25(23)33-30-22(13-14-24(29)30)15-21-16-26(37-3)31(39-5)27(17-21)38-4/h6-7,11-12,15-17,19-20H,8-10,13-14,18H2,1-5H3/b22-15+/t19-,20-/m1/s1. The van der Waals surface area contributed by atoms with Crippen molar-refractivity contribution in [1.82, 2.24) is 9.88 Å². The highest BCUT2D eigenvalue weighted by molar-refractivity contribution is 6.07. The number of likely N-dealkylation sites (tertiary alicyclic amines) is 1. The molecular formula is C32H36N2O6. The number of rotatable bonds is 7. The van der Waals surface area contributed by atoms with Crippen LogP contribution < -0.4 is 14.2 Å². The second-order valence-corrected chi connectivity index (χ2v) is 10.5. The number of para-hydroxylation sites is 1. The van der Waals surface area contributed by atoms with Gasteiger partial charge in [-0.3, -0.25) is 4.79 Å². The zero-order valence-electron chi connectivity index (χ0n) is 23.8. The number of ether oxygens (including phenoxy) is 4. The van der Waals surface area contributed by atoms with Crippen LogP contribution in [0.2, 0.25) is 0 Å². The molecule has 0 saturated carbocycles. The number of piperidine rings is 1. The van der Waals surface area contributed by atoms with Gasteiger partial charge in [0.1, 0.15) is 0 Å². The highest BCUT2D eigenvalue weighted by atomic mass is 16.5. The molecule has 2 atom stereocenters. The summed E-state index contributed by atoms with van der Waals surface area (Å²) in [7, 11) is 4.74. The Labute approximate surface area is 234 Å². The number of amides is 1. The molecule has 40 heavy (non-hydrogen) atoms. The third-order valence-corrected chi connectivity index (χ3v) is 7.98. The largest absolute Gasteiger partial charge is 0.493 e. The van der Waals surface area contributed by atoms with Crippen LogP contribution in [0.4, 0.5) is 0 Å². The molecule has 1 aromatic heterocycles. The summed E-state index contributed by atoms with van der Waals surface area (Å²) < 4.78 is 22.2. The topological polar surface area (TPSA) is 87.2 Å². The number of aromatic nitrogens is 1. The molecule has 1 amide bonds. The summed E-state index contributed by atoms with van der Waals surface area (Å²) in [6.45, 7) is 3.84. The SMILES string of the molecule is COc1cc(/C=C2\CCc3c2nc2ccccc2c3C(=O)OCC(=O)N2[C@H](C)CCC[C@H]2C)cc(OC)c1OC. The fraction of sp³-hybridized carbons (Fsp3) is 0.406. The van der Waals surface area contributed by atoms with Crippen molar-refractivity contribution >= 4 is 34.4 Å². The maximum Gasteiger partial charge on any atom is 0.339 e. The Hall–Kier alpha value is -4.07. The maximum atomic E-state index is 13.6. The predicted octanol–water partition coefficient (Wildman–Crippen LogP) is 5.69. The van der Waals surface area contributed by atoms with E-state index in [9.17, 15) is 9.59 Å². The minimum atomic E-state index is -0.491. The Morgan fingerprint density at radius 2 is 1.65 bits per heavy atom. The number of hydrogen-bond acceptors (Lipinski definition) is 7. The lowest BCUT2D eigenvalue weighted by Crippen LogP contribution is -2.49. The fourth-order valence-electron chi connectivity index (χ4n) is 6.08. The van der Waals surface area contributed by atoms with Gasteiger partial charge in [-0.2, -0.15) is 0 Å². The van der Waals surface area contributed by atoms with Crippen LogP contribution in [0.5, 0.6) is 17.2 Å². The van der Waals surface area contributed by atoms with Gasteiger partial charge >= 0.3 is 5.97 Å². The summed E-state index contributed by atoms with van der Waals surface area (Å²) in [6, 6.07) is 11.6. The molecule has 2 heterocycles. The predicted molar refractivity (Wildman–Crippen MR) is 154 cm³/mol. The third kappa shape index (κ3) is 5.10. The summed E-state index contributed by atoms with van der Waals surface area (Å²) in [6.07, 6.45) is 6.42. The molecular weight excluding hydrogens is 508 g/mol. The van der Waals surface area contributed by atoms with Crippen LogP contribution >= 0.6 is 0 Å². The van der Waals surface area contributed by atoms with E-state index in [4.69, 9.17) is 23.9 Å². The summed E-state index contributed by atoms with van der Waals surface area (Å²) in [5, 5.41) is 0.729. The van der Waals surface area contributed by atoms with Gasteiger partial charge in [0.15, 0.2) is 18.1 Å². The minimum absolute atomic E-state index is 0.142. The molecule has 0 N–H and O–H groups in total. The summed E-state index contributed by atoms with van der Waals surface area (Å²) in [5.74, 6) is 1.01. The molecule has 5 rings (SSSR count). The molecule has 0 bridgehead atoms. The molecule has 1 aliphatic heterocycles. The average molecular weight is 545 g/mol. The number of allylic oxidation sites excluding steroid dienone is 1. The van der Waals surface area contributed by atoms with Crippen LogP contribution in [0.1, 0.15) is 66.7 Å². The Morgan fingerprint density at radius 1 is 0.975 bits per heavy atom. The maximum absolute atomic E-state index is 13.6. The first-order chi connectivity index (χ1) is 19.4. The first kappa shape index (κ1) is 27.5. The van der Waals surface area contributed by atoms with Gasteiger partial charge in [-0.05, 0) is 86.9 Å². The number of carbonyl (C=O) groups is 2. The van der Waals surface area contributed by atoms with Gasteiger partial charge in [0, 0.05) is 17.5 Å². The Kier molecular flexibility index (Phi) is 7.96. The van der Waals surface area contributed by atoms with Crippen molar-refractivity contribution in [3.05, 3.63) is 58.8 Å². The highest BCUT2D eigenvalue weighted by Crippen LogP contribution is 2.41. The zero-order chi connectivity index (χ0) is 28.4. The van der Waals surface area contributed by atoms with E-state index < -0.39 is 5.97 Å². The van der Waals surface area contributed by atoms with E-state index in [1.165, 1.54) is 0 Å². The first-order valence-electron chi connectivity index (χ1n) is 13.8. The monoisotopic (exact) mass is 544 g/mol. The van der Waals surface area contributed by atoms with Gasteiger partial charge in [-0.1, -0.05) is 18.2 Å². The Morgan fingerprint density at radius 3 is 2.30 bits per heavy atom. The van der Waals surface area contributed by atoms with Crippen LogP contribution in [0.15, 0.2) is 36.4 Å². The molecule has 1 saturated heterocycles. The van der Waals surface area contributed by atoms with Gasteiger partial charge in [0.2, 0.25) is 5.75 Å². The number of hydrogen-bond donors (Lipinski definition) is 0. The number of benzene rings is 2. The summed E-state index contributed by atoms with van der Waals surface area (Å²) >= 11 is 0. The third-order valence-electron chi connectivity index (χ3n) is 7.98. The number of methoxy groups -OCH3 is 3. The van der Waals surface area contributed by atoms with Crippen molar-refractivity contribution in [2.45, 2.75) is 58.0 Å². The minimum Gasteiger partial charge on any atom is -0.493 e. The van der Waals surface area contributed by atoms with Gasteiger partial charge in [0.25, 0.3) is 5.91 Å². The van der Waals surface area contributed by atoms with E-state index in [2.05, 4.69) is 13.8 Å². The quantitative estimate of drug-likeness (QED) is 0.353. The van der Waals surface area contributed by atoms with Crippen LogP contribution in [0.3, 0.4) is 0 Å². The molecule has 8 heteroatoms. The van der Waals surface area contributed by atoms with Gasteiger partial charge in [-0.15, -0.1) is 0 Å². The van der Waals surface area contributed by atoms with Crippen molar-refractivity contribution < 1.29 is 28.5 Å². The van der Waals surface area contributed by atoms with Crippen LogP contribution in [0.25, 0.3) is 22.6 Å². The summed E-state index contributed by atoms with van der Waals surface area (Å²) in [4.78, 5) is 33.5. The molecule has 0 radical (unpaired) electrons. The van der Waals surface area contributed by atoms with Gasteiger partial charge in [-0.25, -0.2) is 9.78 Å². The van der Waals surface area contributed by atoms with Gasteiger partial charge < -0.3 is 23.8 Å². The molecule has 2 aromatic carbocycles.